The molecule has 1 aliphatic carbocycles. The molecule has 0 amide bonds. The van der Waals surface area contributed by atoms with E-state index in [0.717, 1.165) is 22.6 Å². The average molecular weight is 527 g/mol. The molecule has 1 nitrogen and oxygen atoms in total. The zero-order chi connectivity index (χ0) is 27.6. The molecule has 0 spiro atoms. The Morgan fingerprint density at radius 2 is 0.951 bits per heavy atom. The van der Waals surface area contributed by atoms with E-state index in [-0.39, 0.29) is 5.41 Å². The predicted octanol–water partition coefficient (Wildman–Crippen LogP) is 10.1. The van der Waals surface area contributed by atoms with E-state index in [2.05, 4.69) is 159 Å². The Hall–Kier alpha value is -4.88. The summed E-state index contributed by atoms with van der Waals surface area (Å²) in [6.45, 7) is 4.66. The molecule has 0 radical (unpaired) electrons. The Labute approximate surface area is 241 Å². The summed E-state index contributed by atoms with van der Waals surface area (Å²) in [7, 11) is 0. The van der Waals surface area contributed by atoms with E-state index in [1.165, 1.54) is 44.5 Å². The Balaban J connectivity index is 1.39. The third-order valence-electron chi connectivity index (χ3n) is 9.22. The average Bonchev–Trinajstić information content (AvgIpc) is 3.26. The predicted molar refractivity (Wildman–Crippen MR) is 168 cm³/mol. The van der Waals surface area contributed by atoms with Crippen molar-refractivity contribution in [2.24, 2.45) is 0 Å². The molecular formula is C40H30O. The van der Waals surface area contributed by atoms with Gasteiger partial charge in [-0.05, 0) is 68.8 Å². The molecule has 0 saturated heterocycles. The van der Waals surface area contributed by atoms with Gasteiger partial charge in [0, 0.05) is 16.5 Å². The highest BCUT2D eigenvalue weighted by atomic mass is 16.5. The number of benzene rings is 6. The Bertz CT molecular complexity index is 1890. The molecule has 2 aliphatic rings. The van der Waals surface area contributed by atoms with Crippen LogP contribution in [0, 0.1) is 0 Å². The van der Waals surface area contributed by atoms with Gasteiger partial charge in [0.15, 0.2) is 0 Å². The van der Waals surface area contributed by atoms with Crippen LogP contribution in [-0.4, -0.2) is 0 Å². The first-order valence-corrected chi connectivity index (χ1v) is 14.4. The van der Waals surface area contributed by atoms with E-state index >= 15 is 0 Å². The Morgan fingerprint density at radius 3 is 1.68 bits per heavy atom. The highest BCUT2D eigenvalue weighted by Crippen LogP contribution is 2.56. The summed E-state index contributed by atoms with van der Waals surface area (Å²) in [5.41, 5.74) is 12.1. The number of hydrogen-bond donors (Lipinski definition) is 0. The molecule has 0 N–H and O–H groups in total. The van der Waals surface area contributed by atoms with Gasteiger partial charge in [-0.3, -0.25) is 0 Å². The van der Waals surface area contributed by atoms with Crippen molar-refractivity contribution in [3.63, 3.8) is 0 Å². The topological polar surface area (TPSA) is 9.23 Å². The molecule has 0 aromatic heterocycles. The standard InChI is InChI=1S/C40H30O/c1-39(2)33-18-10-9-17-31(33)32-25-27(21-23-34(32)39)28-22-24-38-36(26-28)40(29-13-5-3-6-14-29,30-15-7-4-8-16-30)35-19-11-12-20-37(35)41-38/h3-26H,1-2H3. The minimum Gasteiger partial charge on any atom is -0.457 e. The summed E-state index contributed by atoms with van der Waals surface area (Å²) >= 11 is 0. The molecule has 0 bridgehead atoms. The van der Waals surface area contributed by atoms with Crippen LogP contribution in [0.5, 0.6) is 11.5 Å². The first kappa shape index (κ1) is 24.0. The van der Waals surface area contributed by atoms with E-state index in [1.54, 1.807) is 0 Å². The second-order valence-electron chi connectivity index (χ2n) is 11.7. The smallest absolute Gasteiger partial charge is 0.132 e. The van der Waals surface area contributed by atoms with Crippen molar-refractivity contribution in [1.82, 2.24) is 0 Å². The summed E-state index contributed by atoms with van der Waals surface area (Å²) in [5.74, 6) is 1.80. The summed E-state index contributed by atoms with van der Waals surface area (Å²) < 4.78 is 6.61. The van der Waals surface area contributed by atoms with E-state index in [0.29, 0.717) is 0 Å². The highest BCUT2D eigenvalue weighted by Gasteiger charge is 2.45. The van der Waals surface area contributed by atoms with Crippen molar-refractivity contribution in [2.75, 3.05) is 0 Å². The van der Waals surface area contributed by atoms with Crippen molar-refractivity contribution in [1.29, 1.82) is 0 Å². The molecule has 1 aliphatic heterocycles. The van der Waals surface area contributed by atoms with Crippen LogP contribution in [0.1, 0.15) is 47.2 Å². The highest BCUT2D eigenvalue weighted by molar-refractivity contribution is 5.85. The molecule has 41 heavy (non-hydrogen) atoms. The van der Waals surface area contributed by atoms with Gasteiger partial charge in [-0.25, -0.2) is 0 Å². The molecule has 6 aromatic carbocycles. The van der Waals surface area contributed by atoms with Gasteiger partial charge < -0.3 is 4.74 Å². The minimum atomic E-state index is -0.520. The number of para-hydroxylation sites is 1. The molecular weight excluding hydrogens is 496 g/mol. The van der Waals surface area contributed by atoms with Crippen molar-refractivity contribution >= 4 is 0 Å². The number of fused-ring (bicyclic) bond motifs is 5. The third kappa shape index (κ3) is 3.36. The number of hydrogen-bond acceptors (Lipinski definition) is 1. The molecule has 0 fully saturated rings. The van der Waals surface area contributed by atoms with Gasteiger partial charge in [-0.1, -0.05) is 135 Å². The fourth-order valence-electron chi connectivity index (χ4n) is 7.29. The molecule has 6 aromatic rings. The number of rotatable bonds is 3. The Kier molecular flexibility index (Phi) is 5.15. The molecule has 0 saturated carbocycles. The quantitative estimate of drug-likeness (QED) is 0.223. The van der Waals surface area contributed by atoms with E-state index in [1.807, 2.05) is 0 Å². The maximum absolute atomic E-state index is 6.61. The monoisotopic (exact) mass is 526 g/mol. The zero-order valence-electron chi connectivity index (χ0n) is 23.3. The maximum atomic E-state index is 6.61. The lowest BCUT2D eigenvalue weighted by Crippen LogP contribution is -2.34. The van der Waals surface area contributed by atoms with Gasteiger partial charge in [-0.2, -0.15) is 0 Å². The van der Waals surface area contributed by atoms with Gasteiger partial charge in [-0.15, -0.1) is 0 Å². The van der Waals surface area contributed by atoms with Crippen LogP contribution in [0.2, 0.25) is 0 Å². The summed E-state index contributed by atoms with van der Waals surface area (Å²) in [5, 5.41) is 0. The lowest BCUT2D eigenvalue weighted by Gasteiger charge is -2.41. The minimum absolute atomic E-state index is 0.00632. The molecule has 196 valence electrons. The third-order valence-corrected chi connectivity index (χ3v) is 9.22. The lowest BCUT2D eigenvalue weighted by atomic mass is 9.63. The second-order valence-corrected chi connectivity index (χ2v) is 11.7. The fraction of sp³-hybridized carbons (Fsp3) is 0.100. The first-order valence-electron chi connectivity index (χ1n) is 14.4. The first-order chi connectivity index (χ1) is 20.1. The molecule has 0 unspecified atom stereocenters. The normalized spacial score (nSPS) is 15.2. The van der Waals surface area contributed by atoms with E-state index < -0.39 is 5.41 Å². The second kappa shape index (κ2) is 8.81. The van der Waals surface area contributed by atoms with Crippen LogP contribution in [0.25, 0.3) is 22.3 Å². The van der Waals surface area contributed by atoms with Crippen molar-refractivity contribution in [2.45, 2.75) is 24.7 Å². The molecule has 0 atom stereocenters. The van der Waals surface area contributed by atoms with Crippen molar-refractivity contribution in [3.05, 3.63) is 179 Å². The summed E-state index contributed by atoms with van der Waals surface area (Å²) in [6, 6.07) is 52.8. The number of ether oxygens (including phenoxy) is 1. The van der Waals surface area contributed by atoms with Crippen LogP contribution in [-0.2, 0) is 10.8 Å². The largest absolute Gasteiger partial charge is 0.457 e. The molecule has 8 rings (SSSR count). The lowest BCUT2D eigenvalue weighted by molar-refractivity contribution is 0.434. The Morgan fingerprint density at radius 1 is 0.415 bits per heavy atom. The van der Waals surface area contributed by atoms with E-state index in [4.69, 9.17) is 4.74 Å². The molecule has 1 heteroatoms. The summed E-state index contributed by atoms with van der Waals surface area (Å²) in [6.07, 6.45) is 0. The fourth-order valence-corrected chi connectivity index (χ4v) is 7.29. The van der Waals surface area contributed by atoms with Gasteiger partial charge in [0.1, 0.15) is 11.5 Å². The van der Waals surface area contributed by atoms with Crippen molar-refractivity contribution in [3.8, 4) is 33.8 Å². The zero-order valence-corrected chi connectivity index (χ0v) is 23.3. The van der Waals surface area contributed by atoms with Crippen molar-refractivity contribution < 1.29 is 4.74 Å². The van der Waals surface area contributed by atoms with Crippen LogP contribution >= 0.6 is 0 Å². The van der Waals surface area contributed by atoms with Crippen LogP contribution in [0.3, 0.4) is 0 Å². The van der Waals surface area contributed by atoms with Gasteiger partial charge in [0.25, 0.3) is 0 Å². The van der Waals surface area contributed by atoms with Gasteiger partial charge in [0.2, 0.25) is 0 Å². The maximum Gasteiger partial charge on any atom is 0.132 e. The SMILES string of the molecule is CC1(C)c2ccccc2-c2cc(-c3ccc4c(c3)C(c3ccccc3)(c3ccccc3)c3ccccc3O4)ccc21. The van der Waals surface area contributed by atoms with E-state index in [9.17, 15) is 0 Å². The van der Waals surface area contributed by atoms with Crippen LogP contribution < -0.4 is 4.74 Å². The van der Waals surface area contributed by atoms with Gasteiger partial charge in [0.05, 0.1) is 5.41 Å². The summed E-state index contributed by atoms with van der Waals surface area (Å²) in [4.78, 5) is 0. The molecule has 1 heterocycles. The van der Waals surface area contributed by atoms with Crippen LogP contribution in [0.4, 0.5) is 0 Å². The van der Waals surface area contributed by atoms with Crippen LogP contribution in [0.15, 0.2) is 146 Å². The van der Waals surface area contributed by atoms with Gasteiger partial charge >= 0.3 is 0 Å².